The summed E-state index contributed by atoms with van der Waals surface area (Å²) in [7, 11) is 0. The fraction of sp³-hybridized carbons (Fsp3) is 0.591. The molecule has 7 heteroatoms. The minimum Gasteiger partial charge on any atom is -0.485 e. The quantitative estimate of drug-likeness (QED) is 0.675. The molecule has 0 saturated heterocycles. The summed E-state index contributed by atoms with van der Waals surface area (Å²) in [5.74, 6) is 4.47. The average molecular weight is 413 g/mol. The van der Waals surface area contributed by atoms with E-state index in [-0.39, 0.29) is 11.4 Å². The van der Waals surface area contributed by atoms with Gasteiger partial charge >= 0.3 is 0 Å². The number of thioether (sulfide) groups is 1. The van der Waals surface area contributed by atoms with Gasteiger partial charge in [0.15, 0.2) is 5.82 Å². The van der Waals surface area contributed by atoms with Crippen LogP contribution in [0, 0.1) is 24.7 Å². The van der Waals surface area contributed by atoms with Gasteiger partial charge in [0.05, 0.1) is 5.75 Å². The topological polar surface area (TPSA) is 79.9 Å². The summed E-state index contributed by atoms with van der Waals surface area (Å²) in [6.45, 7) is 2.34. The van der Waals surface area contributed by atoms with Crippen molar-refractivity contribution in [2.45, 2.75) is 62.8 Å². The van der Waals surface area contributed by atoms with Crippen LogP contribution in [0.4, 0.5) is 0 Å². The Morgan fingerprint density at radius 2 is 1.90 bits per heavy atom. The summed E-state index contributed by atoms with van der Waals surface area (Å²) in [6, 6.07) is 7.89. The Hall–Kier alpha value is -2.02. The van der Waals surface area contributed by atoms with Crippen LogP contribution in [0.15, 0.2) is 29.4 Å². The molecule has 2 N–H and O–H groups in total. The molecular formula is C22H28N4O2S. The lowest BCUT2D eigenvalue weighted by Gasteiger charge is -2.56. The number of carbonyl (C=O) groups is 1. The number of aromatic amines is 1. The molecule has 0 atom stereocenters. The van der Waals surface area contributed by atoms with Crippen molar-refractivity contribution >= 4 is 17.7 Å². The fourth-order valence-corrected chi connectivity index (χ4v) is 6.61. The summed E-state index contributed by atoms with van der Waals surface area (Å²) < 4.78 is 5.80. The smallest absolute Gasteiger partial charge is 0.230 e. The second-order valence-electron chi connectivity index (χ2n) is 9.15. The summed E-state index contributed by atoms with van der Waals surface area (Å²) >= 11 is 1.38. The van der Waals surface area contributed by atoms with Crippen LogP contribution < -0.4 is 10.1 Å². The van der Waals surface area contributed by atoms with E-state index >= 15 is 0 Å². The van der Waals surface area contributed by atoms with Gasteiger partial charge in [-0.3, -0.25) is 9.89 Å². The van der Waals surface area contributed by atoms with Gasteiger partial charge in [0.25, 0.3) is 0 Å². The Morgan fingerprint density at radius 3 is 2.59 bits per heavy atom. The van der Waals surface area contributed by atoms with E-state index in [2.05, 4.69) is 20.5 Å². The molecule has 4 fully saturated rings. The van der Waals surface area contributed by atoms with Gasteiger partial charge in [0.1, 0.15) is 12.4 Å². The Labute approximate surface area is 175 Å². The third kappa shape index (κ3) is 4.15. The number of carbonyl (C=O) groups excluding carboxylic acids is 1. The molecule has 0 spiro atoms. The van der Waals surface area contributed by atoms with Gasteiger partial charge in [-0.1, -0.05) is 30.0 Å². The third-order valence-corrected chi connectivity index (χ3v) is 7.59. The van der Waals surface area contributed by atoms with Crippen LogP contribution in [0.5, 0.6) is 5.75 Å². The first-order valence-corrected chi connectivity index (χ1v) is 11.6. The van der Waals surface area contributed by atoms with Gasteiger partial charge < -0.3 is 10.1 Å². The molecule has 6 rings (SSSR count). The van der Waals surface area contributed by atoms with Gasteiger partial charge in [0, 0.05) is 5.54 Å². The maximum atomic E-state index is 12.6. The third-order valence-electron chi connectivity index (χ3n) is 6.74. The zero-order chi connectivity index (χ0) is 19.8. The molecular weight excluding hydrogens is 384 g/mol. The molecule has 1 aromatic heterocycles. The van der Waals surface area contributed by atoms with Crippen molar-refractivity contribution in [1.29, 1.82) is 0 Å². The molecule has 1 aromatic carbocycles. The highest BCUT2D eigenvalue weighted by molar-refractivity contribution is 7.99. The largest absolute Gasteiger partial charge is 0.485 e. The number of hydrogen-bond acceptors (Lipinski definition) is 5. The molecule has 1 amide bonds. The molecule has 29 heavy (non-hydrogen) atoms. The number of amides is 1. The average Bonchev–Trinajstić information content (AvgIpc) is 3.12. The number of H-pyrrole nitrogens is 1. The predicted molar refractivity (Wildman–Crippen MR) is 112 cm³/mol. The first kappa shape index (κ1) is 19.0. The van der Waals surface area contributed by atoms with Crippen LogP contribution in [0.25, 0.3) is 0 Å². The maximum Gasteiger partial charge on any atom is 0.230 e. The van der Waals surface area contributed by atoms with Gasteiger partial charge in [0.2, 0.25) is 11.1 Å². The summed E-state index contributed by atoms with van der Waals surface area (Å²) in [4.78, 5) is 17.1. The SMILES string of the molecule is Cc1ccccc1OCc1nc(SCC(=O)NC23CC4CC(CC(C4)C2)C3)n[nH]1. The number of nitrogens with one attached hydrogen (secondary N) is 2. The van der Waals surface area contributed by atoms with E-state index in [4.69, 9.17) is 4.74 Å². The van der Waals surface area contributed by atoms with Crippen molar-refractivity contribution in [2.75, 3.05) is 5.75 Å². The second kappa shape index (κ2) is 7.67. The highest BCUT2D eigenvalue weighted by Crippen LogP contribution is 2.55. The lowest BCUT2D eigenvalue weighted by molar-refractivity contribution is -0.124. The second-order valence-corrected chi connectivity index (χ2v) is 10.1. The van der Waals surface area contributed by atoms with Crippen LogP contribution in [0.1, 0.15) is 49.9 Å². The predicted octanol–water partition coefficient (Wildman–Crippen LogP) is 3.87. The lowest BCUT2D eigenvalue weighted by Crippen LogP contribution is -2.60. The van der Waals surface area contributed by atoms with Crippen molar-refractivity contribution in [3.63, 3.8) is 0 Å². The van der Waals surface area contributed by atoms with Gasteiger partial charge in [-0.25, -0.2) is 4.98 Å². The van der Waals surface area contributed by atoms with Crippen LogP contribution in [-0.2, 0) is 11.4 Å². The maximum absolute atomic E-state index is 12.6. The Bertz CT molecular complexity index is 861. The highest BCUT2D eigenvalue weighted by Gasteiger charge is 2.51. The minimum absolute atomic E-state index is 0.0674. The Balaban J connectivity index is 1.11. The standard InChI is InChI=1S/C22H28N4O2S/c1-14-4-2-3-5-18(14)28-12-19-23-21(26-25-19)29-13-20(27)24-22-9-15-6-16(10-22)8-17(7-15)11-22/h2-5,15-17H,6-13H2,1H3,(H,24,27)(H,23,25,26). The summed E-state index contributed by atoms with van der Waals surface area (Å²) in [6.07, 6.45) is 7.68. The number of rotatable bonds is 7. The van der Waals surface area contributed by atoms with Crippen molar-refractivity contribution in [2.24, 2.45) is 17.8 Å². The molecule has 0 radical (unpaired) electrons. The number of nitrogens with zero attached hydrogens (tertiary/aromatic N) is 2. The molecule has 6 nitrogen and oxygen atoms in total. The van der Waals surface area contributed by atoms with Crippen LogP contribution in [0.2, 0.25) is 0 Å². The lowest BCUT2D eigenvalue weighted by atomic mass is 9.53. The monoisotopic (exact) mass is 412 g/mol. The molecule has 4 saturated carbocycles. The zero-order valence-electron chi connectivity index (χ0n) is 16.8. The van der Waals surface area contributed by atoms with Crippen molar-refractivity contribution in [1.82, 2.24) is 20.5 Å². The van der Waals surface area contributed by atoms with Gasteiger partial charge in [-0.05, 0) is 74.8 Å². The highest BCUT2D eigenvalue weighted by atomic mass is 32.2. The van der Waals surface area contributed by atoms with E-state index in [1.54, 1.807) is 0 Å². The molecule has 2 aromatic rings. The number of benzene rings is 1. The van der Waals surface area contributed by atoms with E-state index in [0.717, 1.165) is 29.1 Å². The molecule has 4 bridgehead atoms. The van der Waals surface area contributed by atoms with Crippen molar-refractivity contribution in [3.8, 4) is 5.75 Å². The normalized spacial score (nSPS) is 29.8. The molecule has 0 unspecified atom stereocenters. The molecule has 4 aliphatic carbocycles. The van der Waals surface area contributed by atoms with Crippen molar-refractivity contribution in [3.05, 3.63) is 35.7 Å². The zero-order valence-corrected chi connectivity index (χ0v) is 17.6. The van der Waals surface area contributed by atoms with E-state index < -0.39 is 0 Å². The summed E-state index contributed by atoms with van der Waals surface area (Å²) in [5.41, 5.74) is 1.15. The first-order valence-electron chi connectivity index (χ1n) is 10.6. The molecule has 1 heterocycles. The molecule has 0 aliphatic heterocycles. The van der Waals surface area contributed by atoms with Crippen molar-refractivity contribution < 1.29 is 9.53 Å². The molecule has 4 aliphatic rings. The van der Waals surface area contributed by atoms with Gasteiger partial charge in [-0.15, -0.1) is 5.10 Å². The minimum atomic E-state index is 0.0674. The van der Waals surface area contributed by atoms with Gasteiger partial charge in [-0.2, -0.15) is 0 Å². The Kier molecular flexibility index (Phi) is 5.02. The van der Waals surface area contributed by atoms with Crippen LogP contribution in [-0.4, -0.2) is 32.4 Å². The van der Waals surface area contributed by atoms with Crippen LogP contribution >= 0.6 is 11.8 Å². The number of aromatic nitrogens is 3. The van der Waals surface area contributed by atoms with E-state index in [0.29, 0.717) is 23.3 Å². The Morgan fingerprint density at radius 1 is 1.21 bits per heavy atom. The van der Waals surface area contributed by atoms with E-state index in [1.165, 1.54) is 50.3 Å². The van der Waals surface area contributed by atoms with E-state index in [1.807, 2.05) is 31.2 Å². The van der Waals surface area contributed by atoms with E-state index in [9.17, 15) is 4.79 Å². The fourth-order valence-electron chi connectivity index (χ4n) is 6.00. The number of aryl methyl sites for hydroxylation is 1. The first-order chi connectivity index (χ1) is 14.1. The summed E-state index contributed by atoms with van der Waals surface area (Å²) in [5, 5.41) is 11.1. The number of para-hydroxylation sites is 1. The molecule has 154 valence electrons. The number of hydrogen-bond donors (Lipinski definition) is 2. The van der Waals surface area contributed by atoms with Crippen LogP contribution in [0.3, 0.4) is 0 Å². The number of ether oxygens (including phenoxy) is 1.